The first-order valence-corrected chi connectivity index (χ1v) is 11.6. The molecular formula is C21H20N4O3S2. The van der Waals surface area contributed by atoms with E-state index in [-0.39, 0.29) is 12.4 Å². The molecular weight excluding hydrogens is 420 g/mol. The SMILES string of the molecule is Cc1nc2sc3c(c2c2nnc(SCc4ccc5c(c4)OCO5)n12)CC(C)(C)OC3. The minimum atomic E-state index is -0.181. The van der Waals surface area contributed by atoms with E-state index in [9.17, 15) is 0 Å². The van der Waals surface area contributed by atoms with Crippen molar-refractivity contribution in [2.24, 2.45) is 0 Å². The van der Waals surface area contributed by atoms with Crippen LogP contribution in [0.1, 0.15) is 35.7 Å². The molecule has 0 saturated heterocycles. The summed E-state index contributed by atoms with van der Waals surface area (Å²) in [6.07, 6.45) is 0.856. The Morgan fingerprint density at radius 3 is 2.97 bits per heavy atom. The van der Waals surface area contributed by atoms with E-state index in [0.717, 1.165) is 56.1 Å². The fourth-order valence-electron chi connectivity index (χ4n) is 4.04. The molecule has 30 heavy (non-hydrogen) atoms. The lowest BCUT2D eigenvalue weighted by molar-refractivity contribution is -0.0379. The van der Waals surface area contributed by atoms with Crippen LogP contribution < -0.4 is 9.47 Å². The molecule has 0 spiro atoms. The molecule has 0 bridgehead atoms. The summed E-state index contributed by atoms with van der Waals surface area (Å²) >= 11 is 3.36. The van der Waals surface area contributed by atoms with Crippen LogP contribution in [-0.2, 0) is 23.5 Å². The highest BCUT2D eigenvalue weighted by Crippen LogP contribution is 2.41. The number of thioether (sulfide) groups is 1. The van der Waals surface area contributed by atoms with Crippen molar-refractivity contribution in [3.8, 4) is 11.5 Å². The largest absolute Gasteiger partial charge is 0.454 e. The van der Waals surface area contributed by atoms with E-state index in [1.54, 1.807) is 23.1 Å². The number of nitrogens with zero attached hydrogens (tertiary/aromatic N) is 4. The molecule has 0 amide bonds. The molecule has 9 heteroatoms. The van der Waals surface area contributed by atoms with Gasteiger partial charge in [-0.1, -0.05) is 17.8 Å². The molecule has 154 valence electrons. The molecule has 6 rings (SSSR count). The van der Waals surface area contributed by atoms with E-state index in [0.29, 0.717) is 6.61 Å². The zero-order valence-corrected chi connectivity index (χ0v) is 18.5. The molecule has 0 aliphatic carbocycles. The molecule has 0 saturated carbocycles. The summed E-state index contributed by atoms with van der Waals surface area (Å²) in [6.45, 7) is 7.20. The van der Waals surface area contributed by atoms with Crippen molar-refractivity contribution in [2.45, 2.75) is 50.3 Å². The normalized spacial score (nSPS) is 17.0. The van der Waals surface area contributed by atoms with Crippen LogP contribution in [0.3, 0.4) is 0 Å². The second-order valence-electron chi connectivity index (χ2n) is 8.19. The topological polar surface area (TPSA) is 70.8 Å². The van der Waals surface area contributed by atoms with Gasteiger partial charge in [-0.3, -0.25) is 4.40 Å². The Morgan fingerprint density at radius 2 is 2.07 bits per heavy atom. The fourth-order valence-corrected chi connectivity index (χ4v) is 6.11. The number of aryl methyl sites for hydroxylation is 1. The summed E-state index contributed by atoms with van der Waals surface area (Å²) in [5.74, 6) is 3.26. The second kappa shape index (κ2) is 6.57. The number of hydrogen-bond donors (Lipinski definition) is 0. The maximum absolute atomic E-state index is 6.00. The van der Waals surface area contributed by atoms with Crippen LogP contribution in [0.5, 0.6) is 11.5 Å². The van der Waals surface area contributed by atoms with Crippen LogP contribution in [0.15, 0.2) is 23.4 Å². The van der Waals surface area contributed by atoms with Gasteiger partial charge in [0.1, 0.15) is 10.7 Å². The van der Waals surface area contributed by atoms with Crippen molar-refractivity contribution >= 4 is 39.0 Å². The predicted octanol–water partition coefficient (Wildman–Crippen LogP) is 4.52. The lowest BCUT2D eigenvalue weighted by atomic mass is 9.94. The standard InChI is InChI=1S/C21H20N4O3S2/c1-11-22-19-17(13-7-21(2,3)28-8-16(13)30-19)18-23-24-20(25(11)18)29-9-12-4-5-14-15(6-12)27-10-26-14/h4-6H,7-10H2,1-3H3. The monoisotopic (exact) mass is 440 g/mol. The average Bonchev–Trinajstić information content (AvgIpc) is 3.41. The Kier molecular flexibility index (Phi) is 4.03. The Morgan fingerprint density at radius 1 is 1.20 bits per heavy atom. The third-order valence-electron chi connectivity index (χ3n) is 5.52. The summed E-state index contributed by atoms with van der Waals surface area (Å²) in [5, 5.41) is 11.1. The van der Waals surface area contributed by atoms with E-state index in [1.165, 1.54) is 10.4 Å². The summed E-state index contributed by atoms with van der Waals surface area (Å²) in [6, 6.07) is 6.04. The molecule has 2 aliphatic rings. The molecule has 3 aromatic heterocycles. The molecule has 0 N–H and O–H groups in total. The van der Waals surface area contributed by atoms with E-state index in [2.05, 4.69) is 34.5 Å². The van der Waals surface area contributed by atoms with Gasteiger partial charge in [0.05, 0.1) is 17.6 Å². The van der Waals surface area contributed by atoms with Gasteiger partial charge in [-0.2, -0.15) is 0 Å². The maximum Gasteiger partial charge on any atom is 0.231 e. The first-order chi connectivity index (χ1) is 14.5. The summed E-state index contributed by atoms with van der Waals surface area (Å²) in [5.41, 5.74) is 3.17. The van der Waals surface area contributed by atoms with Gasteiger partial charge in [-0.25, -0.2) is 4.98 Å². The molecule has 5 heterocycles. The third kappa shape index (κ3) is 2.87. The van der Waals surface area contributed by atoms with Gasteiger partial charge in [-0.05, 0) is 44.0 Å². The van der Waals surface area contributed by atoms with Gasteiger partial charge >= 0.3 is 0 Å². The summed E-state index contributed by atoms with van der Waals surface area (Å²) in [7, 11) is 0. The smallest absolute Gasteiger partial charge is 0.231 e. The molecule has 4 aromatic rings. The Labute approximate surface area is 181 Å². The Balaban J connectivity index is 1.39. The molecule has 0 radical (unpaired) electrons. The van der Waals surface area contributed by atoms with Gasteiger partial charge in [0, 0.05) is 17.1 Å². The van der Waals surface area contributed by atoms with Gasteiger partial charge in [0.25, 0.3) is 0 Å². The highest BCUT2D eigenvalue weighted by atomic mass is 32.2. The van der Waals surface area contributed by atoms with Gasteiger partial charge in [0.15, 0.2) is 22.3 Å². The van der Waals surface area contributed by atoms with Crippen LogP contribution in [0, 0.1) is 6.92 Å². The lowest BCUT2D eigenvalue weighted by Gasteiger charge is -2.30. The highest BCUT2D eigenvalue weighted by molar-refractivity contribution is 7.98. The first-order valence-electron chi connectivity index (χ1n) is 9.80. The molecule has 0 unspecified atom stereocenters. The zero-order chi connectivity index (χ0) is 20.5. The minimum Gasteiger partial charge on any atom is -0.454 e. The van der Waals surface area contributed by atoms with Crippen molar-refractivity contribution in [3.05, 3.63) is 40.0 Å². The molecule has 0 fully saturated rings. The first kappa shape index (κ1) is 18.4. The van der Waals surface area contributed by atoms with Crippen molar-refractivity contribution < 1.29 is 14.2 Å². The number of rotatable bonds is 3. The minimum absolute atomic E-state index is 0.181. The van der Waals surface area contributed by atoms with Crippen molar-refractivity contribution in [1.29, 1.82) is 0 Å². The number of aromatic nitrogens is 4. The molecule has 2 aliphatic heterocycles. The van der Waals surface area contributed by atoms with E-state index < -0.39 is 0 Å². The Bertz CT molecular complexity index is 1310. The number of thiophene rings is 1. The number of benzene rings is 1. The van der Waals surface area contributed by atoms with Crippen molar-refractivity contribution in [2.75, 3.05) is 6.79 Å². The van der Waals surface area contributed by atoms with E-state index in [1.807, 2.05) is 19.1 Å². The van der Waals surface area contributed by atoms with Crippen LogP contribution in [0.25, 0.3) is 15.9 Å². The Hall–Kier alpha value is -2.36. The quantitative estimate of drug-likeness (QED) is 0.434. The highest BCUT2D eigenvalue weighted by Gasteiger charge is 2.31. The fraction of sp³-hybridized carbons (Fsp3) is 0.381. The zero-order valence-electron chi connectivity index (χ0n) is 16.9. The predicted molar refractivity (Wildman–Crippen MR) is 116 cm³/mol. The van der Waals surface area contributed by atoms with E-state index in [4.69, 9.17) is 19.2 Å². The number of hydrogen-bond acceptors (Lipinski definition) is 8. The van der Waals surface area contributed by atoms with Gasteiger partial charge in [0.2, 0.25) is 6.79 Å². The molecule has 7 nitrogen and oxygen atoms in total. The van der Waals surface area contributed by atoms with Crippen LogP contribution >= 0.6 is 23.1 Å². The van der Waals surface area contributed by atoms with E-state index >= 15 is 0 Å². The van der Waals surface area contributed by atoms with Gasteiger partial charge < -0.3 is 14.2 Å². The van der Waals surface area contributed by atoms with Crippen LogP contribution in [0.4, 0.5) is 0 Å². The third-order valence-corrected chi connectivity index (χ3v) is 7.62. The average molecular weight is 441 g/mol. The van der Waals surface area contributed by atoms with Crippen LogP contribution in [-0.4, -0.2) is 32.0 Å². The summed E-state index contributed by atoms with van der Waals surface area (Å²) in [4.78, 5) is 7.16. The van der Waals surface area contributed by atoms with Crippen LogP contribution in [0.2, 0.25) is 0 Å². The lowest BCUT2D eigenvalue weighted by Crippen LogP contribution is -2.31. The molecule has 1 aromatic carbocycles. The number of ether oxygens (including phenoxy) is 3. The van der Waals surface area contributed by atoms with Crippen molar-refractivity contribution in [3.63, 3.8) is 0 Å². The summed E-state index contributed by atoms with van der Waals surface area (Å²) < 4.78 is 19.0. The van der Waals surface area contributed by atoms with Crippen molar-refractivity contribution in [1.82, 2.24) is 19.6 Å². The number of fused-ring (bicyclic) bond motifs is 6. The second-order valence-corrected chi connectivity index (χ2v) is 10.2. The maximum atomic E-state index is 6.00. The van der Waals surface area contributed by atoms with Gasteiger partial charge in [-0.15, -0.1) is 21.5 Å². The molecule has 0 atom stereocenters.